The second-order valence-electron chi connectivity index (χ2n) is 6.04. The van der Waals surface area contributed by atoms with Gasteiger partial charge < -0.3 is 4.90 Å². The van der Waals surface area contributed by atoms with Gasteiger partial charge >= 0.3 is 0 Å². The lowest BCUT2D eigenvalue weighted by molar-refractivity contribution is 0.101. The number of hydrogen-bond donors (Lipinski definition) is 0. The fourth-order valence-electron chi connectivity index (χ4n) is 3.31. The van der Waals surface area contributed by atoms with Crippen molar-refractivity contribution >= 4 is 11.5 Å². The van der Waals surface area contributed by atoms with Gasteiger partial charge in [-0.05, 0) is 44.0 Å². The molecule has 0 aliphatic carbocycles. The Kier molecular flexibility index (Phi) is 4.16. The average Bonchev–Trinajstić information content (AvgIpc) is 3.00. The normalized spacial score (nSPS) is 15.4. The van der Waals surface area contributed by atoms with Gasteiger partial charge in [0.25, 0.3) is 0 Å². The van der Waals surface area contributed by atoms with Crippen LogP contribution in [0.2, 0.25) is 0 Å². The number of rotatable bonds is 3. The molecular formula is C18H20N4O. The van der Waals surface area contributed by atoms with Crippen LogP contribution < -0.4 is 4.90 Å². The number of anilines is 1. The summed E-state index contributed by atoms with van der Waals surface area (Å²) in [5, 5.41) is 13.6. The molecule has 0 amide bonds. The van der Waals surface area contributed by atoms with Gasteiger partial charge in [-0.15, -0.1) is 0 Å². The molecule has 1 aliphatic heterocycles. The highest BCUT2D eigenvalue weighted by Crippen LogP contribution is 2.32. The van der Waals surface area contributed by atoms with E-state index in [1.54, 1.807) is 19.1 Å². The molecule has 1 fully saturated rings. The van der Waals surface area contributed by atoms with Crippen LogP contribution in [0.4, 0.5) is 5.69 Å². The predicted octanol–water partition coefficient (Wildman–Crippen LogP) is 2.88. The number of nitriles is 1. The zero-order chi connectivity index (χ0) is 16.4. The standard InChI is InChI=1S/C18H20N4O/c1-13(23)15-3-4-16(12-19)18(11-15)22-9-6-14(7-10-22)17-5-8-20-21(17)2/h3-5,8,11,14H,6-7,9-10H2,1-2H3. The molecule has 2 aromatic rings. The van der Waals surface area contributed by atoms with E-state index < -0.39 is 0 Å². The highest BCUT2D eigenvalue weighted by Gasteiger charge is 2.24. The number of aromatic nitrogens is 2. The van der Waals surface area contributed by atoms with Gasteiger partial charge in [0.1, 0.15) is 6.07 Å². The van der Waals surface area contributed by atoms with Crippen molar-refractivity contribution in [3.63, 3.8) is 0 Å². The molecule has 0 atom stereocenters. The Morgan fingerprint density at radius 2 is 2.04 bits per heavy atom. The van der Waals surface area contributed by atoms with Crippen molar-refractivity contribution in [1.82, 2.24) is 9.78 Å². The van der Waals surface area contributed by atoms with Crippen molar-refractivity contribution in [3.05, 3.63) is 47.3 Å². The molecular weight excluding hydrogens is 288 g/mol. The average molecular weight is 308 g/mol. The number of carbonyl (C=O) groups excluding carboxylic acids is 1. The van der Waals surface area contributed by atoms with Gasteiger partial charge in [0, 0.05) is 43.5 Å². The molecule has 23 heavy (non-hydrogen) atoms. The van der Waals surface area contributed by atoms with Crippen LogP contribution in [-0.2, 0) is 7.05 Å². The molecule has 1 aromatic heterocycles. The molecule has 1 saturated heterocycles. The summed E-state index contributed by atoms with van der Waals surface area (Å²) in [6, 6.07) is 9.65. The van der Waals surface area contributed by atoms with Crippen LogP contribution in [-0.4, -0.2) is 28.7 Å². The van der Waals surface area contributed by atoms with Gasteiger partial charge in [0.15, 0.2) is 5.78 Å². The van der Waals surface area contributed by atoms with E-state index in [2.05, 4.69) is 22.1 Å². The fraction of sp³-hybridized carbons (Fsp3) is 0.389. The molecule has 0 N–H and O–H groups in total. The maximum Gasteiger partial charge on any atom is 0.159 e. The topological polar surface area (TPSA) is 61.9 Å². The maximum absolute atomic E-state index is 11.6. The summed E-state index contributed by atoms with van der Waals surface area (Å²) in [5.41, 5.74) is 3.44. The van der Waals surface area contributed by atoms with Crippen LogP contribution in [0.25, 0.3) is 0 Å². The summed E-state index contributed by atoms with van der Waals surface area (Å²) in [6.07, 6.45) is 3.88. The highest BCUT2D eigenvalue weighted by atomic mass is 16.1. The van der Waals surface area contributed by atoms with Crippen molar-refractivity contribution in [3.8, 4) is 6.07 Å². The van der Waals surface area contributed by atoms with Crippen molar-refractivity contribution in [2.75, 3.05) is 18.0 Å². The Morgan fingerprint density at radius 1 is 1.30 bits per heavy atom. The van der Waals surface area contributed by atoms with Crippen molar-refractivity contribution in [2.24, 2.45) is 7.05 Å². The molecule has 0 saturated carbocycles. The molecule has 118 valence electrons. The van der Waals surface area contributed by atoms with Crippen molar-refractivity contribution < 1.29 is 4.79 Å². The summed E-state index contributed by atoms with van der Waals surface area (Å²) < 4.78 is 1.94. The van der Waals surface area contributed by atoms with Crippen LogP contribution >= 0.6 is 0 Å². The predicted molar refractivity (Wildman–Crippen MR) is 88.6 cm³/mol. The first-order chi connectivity index (χ1) is 11.1. The number of benzene rings is 1. The molecule has 1 aliphatic rings. The largest absolute Gasteiger partial charge is 0.370 e. The summed E-state index contributed by atoms with van der Waals surface area (Å²) in [4.78, 5) is 13.8. The lowest BCUT2D eigenvalue weighted by atomic mass is 9.92. The van der Waals surface area contributed by atoms with Crippen LogP contribution in [0.3, 0.4) is 0 Å². The molecule has 0 unspecified atom stereocenters. The maximum atomic E-state index is 11.6. The zero-order valence-corrected chi connectivity index (χ0v) is 13.5. The quantitative estimate of drug-likeness (QED) is 0.818. The number of nitrogens with zero attached hydrogens (tertiary/aromatic N) is 4. The zero-order valence-electron chi connectivity index (χ0n) is 13.5. The van der Waals surface area contributed by atoms with Gasteiger partial charge in [-0.2, -0.15) is 10.4 Å². The lowest BCUT2D eigenvalue weighted by Crippen LogP contribution is -2.34. The van der Waals surface area contributed by atoms with E-state index in [9.17, 15) is 10.1 Å². The number of Topliss-reactive ketones (excluding diaryl/α,β-unsaturated/α-hetero) is 1. The van der Waals surface area contributed by atoms with Gasteiger partial charge in [0.2, 0.25) is 0 Å². The van der Waals surface area contributed by atoms with Crippen molar-refractivity contribution in [2.45, 2.75) is 25.7 Å². The third-order valence-electron chi connectivity index (χ3n) is 4.64. The van der Waals surface area contributed by atoms with Gasteiger partial charge in [-0.25, -0.2) is 0 Å². The van der Waals surface area contributed by atoms with Crippen molar-refractivity contribution in [1.29, 1.82) is 5.26 Å². The third-order valence-corrected chi connectivity index (χ3v) is 4.64. The first-order valence-electron chi connectivity index (χ1n) is 7.88. The van der Waals surface area contributed by atoms with E-state index in [0.29, 0.717) is 17.0 Å². The molecule has 3 rings (SSSR count). The van der Waals surface area contributed by atoms with E-state index in [1.807, 2.05) is 24.0 Å². The minimum absolute atomic E-state index is 0.0283. The van der Waals surface area contributed by atoms with E-state index >= 15 is 0 Å². The Morgan fingerprint density at radius 3 is 2.61 bits per heavy atom. The van der Waals surface area contributed by atoms with Crippen LogP contribution in [0, 0.1) is 11.3 Å². The molecule has 0 spiro atoms. The number of hydrogen-bond acceptors (Lipinski definition) is 4. The summed E-state index contributed by atoms with van der Waals surface area (Å²) >= 11 is 0. The number of piperidine rings is 1. The molecule has 5 nitrogen and oxygen atoms in total. The first kappa shape index (κ1) is 15.3. The van der Waals surface area contributed by atoms with E-state index in [0.717, 1.165) is 31.6 Å². The first-order valence-corrected chi connectivity index (χ1v) is 7.88. The van der Waals surface area contributed by atoms with Gasteiger partial charge in [0.05, 0.1) is 11.3 Å². The summed E-state index contributed by atoms with van der Waals surface area (Å²) in [5.74, 6) is 0.529. The Balaban J connectivity index is 1.80. The Hall–Kier alpha value is -2.61. The number of ketones is 1. The van der Waals surface area contributed by atoms with E-state index in [-0.39, 0.29) is 5.78 Å². The van der Waals surface area contributed by atoms with E-state index in [4.69, 9.17) is 0 Å². The monoisotopic (exact) mass is 308 g/mol. The molecule has 0 bridgehead atoms. The Bertz CT molecular complexity index is 764. The number of carbonyl (C=O) groups is 1. The molecule has 0 radical (unpaired) electrons. The fourth-order valence-corrected chi connectivity index (χ4v) is 3.31. The second-order valence-corrected chi connectivity index (χ2v) is 6.04. The smallest absolute Gasteiger partial charge is 0.159 e. The summed E-state index contributed by atoms with van der Waals surface area (Å²) in [6.45, 7) is 3.32. The van der Waals surface area contributed by atoms with Gasteiger partial charge in [-0.3, -0.25) is 9.48 Å². The van der Waals surface area contributed by atoms with Gasteiger partial charge in [-0.1, -0.05) is 0 Å². The van der Waals surface area contributed by atoms with Crippen LogP contribution in [0.1, 0.15) is 47.3 Å². The minimum atomic E-state index is 0.0283. The molecule has 1 aromatic carbocycles. The van der Waals surface area contributed by atoms with Crippen LogP contribution in [0.15, 0.2) is 30.5 Å². The number of aryl methyl sites for hydroxylation is 1. The molecule has 5 heteroatoms. The highest BCUT2D eigenvalue weighted by molar-refractivity contribution is 5.95. The second kappa shape index (κ2) is 6.25. The SMILES string of the molecule is CC(=O)c1ccc(C#N)c(N2CCC(c3ccnn3C)CC2)c1. The summed E-state index contributed by atoms with van der Waals surface area (Å²) in [7, 11) is 1.98. The third kappa shape index (κ3) is 2.98. The Labute approximate surface area is 136 Å². The van der Waals surface area contributed by atoms with E-state index in [1.165, 1.54) is 5.69 Å². The minimum Gasteiger partial charge on any atom is -0.370 e. The van der Waals surface area contributed by atoms with Crippen LogP contribution in [0.5, 0.6) is 0 Å². The molecule has 2 heterocycles. The lowest BCUT2D eigenvalue weighted by Gasteiger charge is -2.34.